The Morgan fingerprint density at radius 2 is 1.80 bits per heavy atom. The lowest BCUT2D eigenvalue weighted by Crippen LogP contribution is -2.04. The van der Waals surface area contributed by atoms with E-state index in [1.807, 2.05) is 24.3 Å². The second-order valence-electron chi connectivity index (χ2n) is 4.24. The van der Waals surface area contributed by atoms with E-state index in [4.69, 9.17) is 4.74 Å². The summed E-state index contributed by atoms with van der Waals surface area (Å²) in [6, 6.07) is 14.1. The third-order valence-corrected chi connectivity index (χ3v) is 3.19. The van der Waals surface area contributed by atoms with Crippen molar-refractivity contribution in [3.63, 3.8) is 0 Å². The van der Waals surface area contributed by atoms with Gasteiger partial charge >= 0.3 is 5.97 Å². The molecule has 2 aromatic carbocycles. The lowest BCUT2D eigenvalue weighted by Gasteiger charge is -2.07. The summed E-state index contributed by atoms with van der Waals surface area (Å²) >= 11 is 0. The number of fused-ring (bicyclic) bond motifs is 3. The minimum atomic E-state index is -0.417. The van der Waals surface area contributed by atoms with Gasteiger partial charge in [0.05, 0.1) is 0 Å². The number of ether oxygens (including phenoxy) is 1. The van der Waals surface area contributed by atoms with Crippen molar-refractivity contribution in [1.29, 1.82) is 0 Å². The summed E-state index contributed by atoms with van der Waals surface area (Å²) < 4.78 is 5.28. The van der Waals surface area contributed by atoms with Gasteiger partial charge in [-0.15, -0.1) is 0 Å². The maximum Gasteiger partial charge on any atom is 0.335 e. The highest BCUT2D eigenvalue weighted by Gasteiger charge is 2.21. The molecule has 0 spiro atoms. The summed E-state index contributed by atoms with van der Waals surface area (Å²) in [5.74, 6) is 8.22. The van der Waals surface area contributed by atoms with Crippen molar-refractivity contribution in [2.75, 3.05) is 0 Å². The van der Waals surface area contributed by atoms with Crippen LogP contribution in [0.15, 0.2) is 55.1 Å². The van der Waals surface area contributed by atoms with Crippen molar-refractivity contribution >= 4 is 5.97 Å². The molecule has 0 atom stereocenters. The number of esters is 1. The van der Waals surface area contributed by atoms with Crippen LogP contribution in [0, 0.1) is 0 Å². The van der Waals surface area contributed by atoms with Gasteiger partial charge in [0.15, 0.2) is 0 Å². The van der Waals surface area contributed by atoms with E-state index < -0.39 is 5.97 Å². The Kier molecular flexibility index (Phi) is 4.30. The van der Waals surface area contributed by atoms with Crippen LogP contribution in [0.25, 0.3) is 11.1 Å². The van der Waals surface area contributed by atoms with E-state index in [9.17, 15) is 4.79 Å². The number of rotatable bonds is 2. The summed E-state index contributed by atoms with van der Waals surface area (Å²) in [4.78, 5) is 11.3. The van der Waals surface area contributed by atoms with E-state index in [0.717, 1.165) is 17.5 Å². The van der Waals surface area contributed by atoms with Gasteiger partial charge in [-0.1, -0.05) is 43.0 Å². The quantitative estimate of drug-likeness (QED) is 0.245. The maximum atomic E-state index is 11.3. The van der Waals surface area contributed by atoms with Gasteiger partial charge in [0.1, 0.15) is 5.75 Å². The molecule has 0 aromatic heterocycles. The highest BCUT2D eigenvalue weighted by Crippen LogP contribution is 2.40. The number of benzene rings is 2. The third kappa shape index (κ3) is 2.47. The molecule has 1 aliphatic rings. The number of hydrazine groups is 1. The number of carbonyl (C=O) groups is 1. The number of carbonyl (C=O) groups excluding carboxylic acids is 1. The standard InChI is InChI=1S/C16H12O2.H4N2/c1-2-16(17)18-15-9-5-8-13-12-7-4-3-6-11(12)10-14(13)15;1-2/h2-9H,1,10H2;1-2H2. The molecule has 0 radical (unpaired) electrons. The van der Waals surface area contributed by atoms with Crippen LogP contribution in [0.3, 0.4) is 0 Å². The van der Waals surface area contributed by atoms with Gasteiger partial charge in [-0.25, -0.2) is 4.79 Å². The molecule has 4 N–H and O–H groups in total. The normalized spacial score (nSPS) is 10.7. The molecule has 4 nitrogen and oxygen atoms in total. The SMILES string of the molecule is C=CC(=O)Oc1cccc2c1Cc1ccccc1-2.NN. The molecule has 4 heteroatoms. The zero-order valence-electron chi connectivity index (χ0n) is 11.0. The monoisotopic (exact) mass is 268 g/mol. The average molecular weight is 268 g/mol. The van der Waals surface area contributed by atoms with Crippen LogP contribution in [0.4, 0.5) is 0 Å². The molecule has 0 amide bonds. The average Bonchev–Trinajstić information content (AvgIpc) is 2.89. The van der Waals surface area contributed by atoms with Crippen LogP contribution in [0.1, 0.15) is 11.1 Å². The van der Waals surface area contributed by atoms with Gasteiger partial charge in [0.25, 0.3) is 0 Å². The fraction of sp³-hybridized carbons (Fsp3) is 0.0625. The molecule has 0 unspecified atom stereocenters. The smallest absolute Gasteiger partial charge is 0.335 e. The van der Waals surface area contributed by atoms with Crippen molar-refractivity contribution < 1.29 is 9.53 Å². The summed E-state index contributed by atoms with van der Waals surface area (Å²) in [7, 11) is 0. The van der Waals surface area contributed by atoms with Crippen LogP contribution < -0.4 is 16.4 Å². The molecule has 3 rings (SSSR count). The molecule has 102 valence electrons. The Hall–Kier alpha value is -2.43. The number of nitrogens with two attached hydrogens (primary N) is 2. The predicted molar refractivity (Wildman–Crippen MR) is 78.9 cm³/mol. The second-order valence-corrected chi connectivity index (χ2v) is 4.24. The first kappa shape index (κ1) is 14.0. The minimum Gasteiger partial charge on any atom is -0.423 e. The van der Waals surface area contributed by atoms with E-state index in [1.165, 1.54) is 17.2 Å². The van der Waals surface area contributed by atoms with Crippen molar-refractivity contribution in [2.24, 2.45) is 11.7 Å². The lowest BCUT2D eigenvalue weighted by atomic mass is 10.1. The van der Waals surface area contributed by atoms with Crippen LogP contribution in [-0.2, 0) is 11.2 Å². The van der Waals surface area contributed by atoms with Gasteiger partial charge in [-0.05, 0) is 22.8 Å². The molecule has 0 saturated heterocycles. The predicted octanol–water partition coefficient (Wildman–Crippen LogP) is 2.17. The van der Waals surface area contributed by atoms with E-state index in [2.05, 4.69) is 36.5 Å². The van der Waals surface area contributed by atoms with Crippen molar-refractivity contribution in [3.8, 4) is 16.9 Å². The van der Waals surface area contributed by atoms with E-state index in [0.29, 0.717) is 5.75 Å². The van der Waals surface area contributed by atoms with Crippen LogP contribution >= 0.6 is 0 Å². The Bertz CT molecular complexity index is 651. The second kappa shape index (κ2) is 6.14. The minimum absolute atomic E-state index is 0.417. The molecule has 1 aliphatic carbocycles. The fourth-order valence-electron chi connectivity index (χ4n) is 2.37. The van der Waals surface area contributed by atoms with Gasteiger partial charge < -0.3 is 4.74 Å². The van der Waals surface area contributed by atoms with Crippen LogP contribution in [-0.4, -0.2) is 5.97 Å². The summed E-state index contributed by atoms with van der Waals surface area (Å²) in [5, 5.41) is 0. The van der Waals surface area contributed by atoms with Gasteiger partial charge in [-0.3, -0.25) is 11.7 Å². The van der Waals surface area contributed by atoms with Crippen LogP contribution in [0.2, 0.25) is 0 Å². The number of hydrogen-bond acceptors (Lipinski definition) is 4. The molecule has 20 heavy (non-hydrogen) atoms. The first-order chi connectivity index (χ1) is 9.79. The van der Waals surface area contributed by atoms with E-state index in [-0.39, 0.29) is 0 Å². The fourth-order valence-corrected chi connectivity index (χ4v) is 2.37. The van der Waals surface area contributed by atoms with Gasteiger partial charge in [0.2, 0.25) is 0 Å². The zero-order chi connectivity index (χ0) is 14.5. The highest BCUT2D eigenvalue weighted by atomic mass is 16.5. The number of hydrogen-bond donors (Lipinski definition) is 2. The molecule has 0 saturated carbocycles. The highest BCUT2D eigenvalue weighted by molar-refractivity contribution is 5.85. The molecular formula is C16H16N2O2. The molecule has 2 aromatic rings. The summed E-state index contributed by atoms with van der Waals surface area (Å²) in [6.45, 7) is 3.42. The topological polar surface area (TPSA) is 78.3 Å². The first-order valence-corrected chi connectivity index (χ1v) is 6.17. The van der Waals surface area contributed by atoms with E-state index in [1.54, 1.807) is 0 Å². The van der Waals surface area contributed by atoms with Crippen molar-refractivity contribution in [3.05, 3.63) is 66.2 Å². The van der Waals surface area contributed by atoms with E-state index >= 15 is 0 Å². The molecule has 0 heterocycles. The molecule has 0 fully saturated rings. The van der Waals surface area contributed by atoms with Crippen LogP contribution in [0.5, 0.6) is 5.75 Å². The maximum absolute atomic E-state index is 11.3. The van der Waals surface area contributed by atoms with Crippen molar-refractivity contribution in [1.82, 2.24) is 0 Å². The van der Waals surface area contributed by atoms with Gasteiger partial charge in [0, 0.05) is 18.1 Å². The zero-order valence-corrected chi connectivity index (χ0v) is 11.0. The first-order valence-electron chi connectivity index (χ1n) is 6.17. The van der Waals surface area contributed by atoms with Crippen molar-refractivity contribution in [2.45, 2.75) is 6.42 Å². The van der Waals surface area contributed by atoms with Gasteiger partial charge in [-0.2, -0.15) is 0 Å². The Morgan fingerprint density at radius 3 is 2.55 bits per heavy atom. The lowest BCUT2D eigenvalue weighted by molar-refractivity contribution is -0.129. The summed E-state index contributed by atoms with van der Waals surface area (Å²) in [6.07, 6.45) is 1.99. The molecular weight excluding hydrogens is 252 g/mol. The molecule has 0 aliphatic heterocycles. The molecule has 0 bridgehead atoms. The Balaban J connectivity index is 0.000000704. The largest absolute Gasteiger partial charge is 0.423 e. The summed E-state index contributed by atoms with van der Waals surface area (Å²) in [5.41, 5.74) is 4.73. The Morgan fingerprint density at radius 1 is 1.10 bits per heavy atom. The Labute approximate surface area is 117 Å². The third-order valence-electron chi connectivity index (χ3n) is 3.19.